The van der Waals surface area contributed by atoms with E-state index in [0.29, 0.717) is 22.9 Å². The van der Waals surface area contributed by atoms with E-state index in [-0.39, 0.29) is 11.7 Å². The minimum absolute atomic E-state index is 0.292. The van der Waals surface area contributed by atoms with E-state index in [1.807, 2.05) is 5.38 Å². The first kappa shape index (κ1) is 18.6. The maximum atomic E-state index is 13.0. The van der Waals surface area contributed by atoms with E-state index >= 15 is 0 Å². The molecule has 0 spiro atoms. The summed E-state index contributed by atoms with van der Waals surface area (Å²) in [5, 5.41) is 5.34. The summed E-state index contributed by atoms with van der Waals surface area (Å²) in [6, 6.07) is 11.3. The highest BCUT2D eigenvalue weighted by atomic mass is 32.1. The Morgan fingerprint density at radius 2 is 1.93 bits per heavy atom. The number of nitrogens with one attached hydrogen (secondary N) is 1. The van der Waals surface area contributed by atoms with Crippen molar-refractivity contribution in [2.24, 2.45) is 0 Å². The van der Waals surface area contributed by atoms with Crippen LogP contribution in [0.5, 0.6) is 11.5 Å². The van der Waals surface area contributed by atoms with E-state index in [0.717, 1.165) is 10.6 Å². The van der Waals surface area contributed by atoms with Crippen molar-refractivity contribution < 1.29 is 18.7 Å². The van der Waals surface area contributed by atoms with Crippen molar-refractivity contribution in [3.63, 3.8) is 0 Å². The molecule has 138 valence electrons. The average molecular weight is 384 g/mol. The molecule has 0 atom stereocenters. The lowest BCUT2D eigenvalue weighted by Gasteiger charge is -2.10. The number of hydrogen-bond donors (Lipinski definition) is 1. The number of nitrogens with zero attached hydrogens (tertiary/aromatic N) is 1. The number of benzene rings is 2. The van der Waals surface area contributed by atoms with Gasteiger partial charge in [0.2, 0.25) is 5.91 Å². The molecule has 0 saturated heterocycles. The highest BCUT2D eigenvalue weighted by Gasteiger charge is 2.08. The third-order valence-electron chi connectivity index (χ3n) is 3.68. The van der Waals surface area contributed by atoms with Crippen molar-refractivity contribution in [1.29, 1.82) is 0 Å². The molecule has 0 aliphatic carbocycles. The summed E-state index contributed by atoms with van der Waals surface area (Å²) in [5.74, 6) is 0.529. The number of carbonyl (C=O) groups is 1. The molecule has 0 unspecified atom stereocenters. The van der Waals surface area contributed by atoms with E-state index in [1.54, 1.807) is 43.5 Å². The van der Waals surface area contributed by atoms with Gasteiger partial charge in [0.05, 0.1) is 25.6 Å². The second-order valence-electron chi connectivity index (χ2n) is 5.47. The number of aromatic nitrogens is 1. The van der Waals surface area contributed by atoms with Gasteiger partial charge in [0.1, 0.15) is 22.3 Å². The molecule has 1 N–H and O–H groups in total. The number of halogens is 1. The van der Waals surface area contributed by atoms with Crippen LogP contribution in [-0.4, -0.2) is 25.1 Å². The normalized spacial score (nSPS) is 10.8. The number of amides is 1. The van der Waals surface area contributed by atoms with Gasteiger partial charge in [-0.15, -0.1) is 11.3 Å². The Hall–Kier alpha value is -3.19. The summed E-state index contributed by atoms with van der Waals surface area (Å²) in [6.45, 7) is 0. The molecule has 0 radical (unpaired) electrons. The van der Waals surface area contributed by atoms with Gasteiger partial charge in [0.15, 0.2) is 0 Å². The SMILES string of the molecule is COc1ccc(OC)c(NC(=O)/C=C/c2csc(-c3ccc(F)cc3)n2)c1. The maximum Gasteiger partial charge on any atom is 0.248 e. The lowest BCUT2D eigenvalue weighted by molar-refractivity contribution is -0.111. The van der Waals surface area contributed by atoms with Gasteiger partial charge in [-0.05, 0) is 42.5 Å². The minimum atomic E-state index is -0.321. The van der Waals surface area contributed by atoms with E-state index < -0.39 is 0 Å². The molecule has 1 aromatic heterocycles. The van der Waals surface area contributed by atoms with Crippen LogP contribution in [0.2, 0.25) is 0 Å². The third-order valence-corrected chi connectivity index (χ3v) is 4.59. The number of hydrogen-bond acceptors (Lipinski definition) is 5. The van der Waals surface area contributed by atoms with Crippen LogP contribution >= 0.6 is 11.3 Å². The standard InChI is InChI=1S/C20H17FN2O3S/c1-25-16-8-9-18(26-2)17(11-16)23-19(24)10-7-15-12-27-20(22-15)13-3-5-14(21)6-4-13/h3-12H,1-2H3,(H,23,24)/b10-7+. The quantitative estimate of drug-likeness (QED) is 0.630. The van der Waals surface area contributed by atoms with Crippen LogP contribution in [0.4, 0.5) is 10.1 Å². The lowest BCUT2D eigenvalue weighted by atomic mass is 10.2. The van der Waals surface area contributed by atoms with E-state index in [9.17, 15) is 9.18 Å². The largest absolute Gasteiger partial charge is 0.497 e. The van der Waals surface area contributed by atoms with Crippen LogP contribution in [0.25, 0.3) is 16.6 Å². The van der Waals surface area contributed by atoms with Crippen LogP contribution in [0, 0.1) is 5.82 Å². The Bertz CT molecular complexity index is 968. The summed E-state index contributed by atoms with van der Waals surface area (Å²) in [5.41, 5.74) is 1.98. The molecular formula is C20H17FN2O3S. The molecule has 1 amide bonds. The van der Waals surface area contributed by atoms with E-state index in [4.69, 9.17) is 9.47 Å². The Morgan fingerprint density at radius 1 is 1.15 bits per heavy atom. The second kappa shape index (κ2) is 8.46. The Balaban J connectivity index is 1.70. The molecule has 0 aliphatic heterocycles. The molecule has 5 nitrogen and oxygen atoms in total. The molecule has 7 heteroatoms. The monoisotopic (exact) mass is 384 g/mol. The fraction of sp³-hybridized carbons (Fsp3) is 0.100. The first-order chi connectivity index (χ1) is 13.1. The van der Waals surface area contributed by atoms with Crippen LogP contribution in [-0.2, 0) is 4.79 Å². The van der Waals surface area contributed by atoms with Gasteiger partial charge in [0.25, 0.3) is 0 Å². The van der Waals surface area contributed by atoms with Crippen molar-refractivity contribution in [2.45, 2.75) is 0 Å². The fourth-order valence-electron chi connectivity index (χ4n) is 2.33. The predicted molar refractivity (Wildman–Crippen MR) is 105 cm³/mol. The zero-order valence-corrected chi connectivity index (χ0v) is 15.5. The summed E-state index contributed by atoms with van der Waals surface area (Å²) in [6.07, 6.45) is 3.01. The van der Waals surface area contributed by atoms with Gasteiger partial charge < -0.3 is 14.8 Å². The van der Waals surface area contributed by atoms with Crippen LogP contribution in [0.1, 0.15) is 5.69 Å². The molecule has 27 heavy (non-hydrogen) atoms. The van der Waals surface area contributed by atoms with Gasteiger partial charge in [-0.25, -0.2) is 9.37 Å². The molecule has 3 aromatic rings. The first-order valence-corrected chi connectivity index (χ1v) is 8.89. The van der Waals surface area contributed by atoms with Gasteiger partial charge in [0, 0.05) is 23.1 Å². The molecule has 3 rings (SSSR count). The molecule has 0 bridgehead atoms. The summed E-state index contributed by atoms with van der Waals surface area (Å²) in [7, 11) is 3.08. The number of rotatable bonds is 6. The van der Waals surface area contributed by atoms with E-state index in [1.165, 1.54) is 36.7 Å². The highest BCUT2D eigenvalue weighted by molar-refractivity contribution is 7.13. The third kappa shape index (κ3) is 4.71. The summed E-state index contributed by atoms with van der Waals surface area (Å²) >= 11 is 1.42. The van der Waals surface area contributed by atoms with Crippen molar-refractivity contribution in [3.05, 3.63) is 65.4 Å². The number of carbonyl (C=O) groups excluding carboxylic acids is 1. The van der Waals surface area contributed by atoms with Crippen LogP contribution in [0.3, 0.4) is 0 Å². The number of thiazole rings is 1. The number of methoxy groups -OCH3 is 2. The first-order valence-electron chi connectivity index (χ1n) is 8.01. The maximum absolute atomic E-state index is 13.0. The smallest absolute Gasteiger partial charge is 0.248 e. The van der Waals surface area contributed by atoms with Crippen molar-refractivity contribution in [3.8, 4) is 22.1 Å². The van der Waals surface area contributed by atoms with Gasteiger partial charge in [-0.3, -0.25) is 4.79 Å². The lowest BCUT2D eigenvalue weighted by Crippen LogP contribution is -2.09. The van der Waals surface area contributed by atoms with E-state index in [2.05, 4.69) is 10.3 Å². The minimum Gasteiger partial charge on any atom is -0.497 e. The molecule has 0 saturated carbocycles. The topological polar surface area (TPSA) is 60.5 Å². The Kier molecular flexibility index (Phi) is 5.83. The number of ether oxygens (including phenoxy) is 2. The zero-order chi connectivity index (χ0) is 19.2. The molecule has 2 aromatic carbocycles. The van der Waals surface area contributed by atoms with Crippen LogP contribution in [0.15, 0.2) is 53.9 Å². The summed E-state index contributed by atoms with van der Waals surface area (Å²) in [4.78, 5) is 16.6. The van der Waals surface area contributed by atoms with Crippen LogP contribution < -0.4 is 14.8 Å². The van der Waals surface area contributed by atoms with Gasteiger partial charge >= 0.3 is 0 Å². The molecule has 1 heterocycles. The fourth-order valence-corrected chi connectivity index (χ4v) is 3.13. The number of anilines is 1. The Labute approximate surface area is 160 Å². The molecule has 0 fully saturated rings. The van der Waals surface area contributed by atoms with Crippen molar-refractivity contribution in [1.82, 2.24) is 4.98 Å². The highest BCUT2D eigenvalue weighted by Crippen LogP contribution is 2.29. The second-order valence-corrected chi connectivity index (χ2v) is 6.33. The van der Waals surface area contributed by atoms with Crippen molar-refractivity contribution >= 4 is 29.0 Å². The van der Waals surface area contributed by atoms with Gasteiger partial charge in [-0.1, -0.05) is 0 Å². The van der Waals surface area contributed by atoms with Crippen molar-refractivity contribution in [2.75, 3.05) is 19.5 Å². The average Bonchev–Trinajstić information content (AvgIpc) is 3.16. The van der Waals surface area contributed by atoms with Gasteiger partial charge in [-0.2, -0.15) is 0 Å². The predicted octanol–water partition coefficient (Wildman–Crippen LogP) is 4.62. The zero-order valence-electron chi connectivity index (χ0n) is 14.7. The summed E-state index contributed by atoms with van der Waals surface area (Å²) < 4.78 is 23.4. The molecular weight excluding hydrogens is 367 g/mol. The molecule has 0 aliphatic rings. The Morgan fingerprint density at radius 3 is 2.63 bits per heavy atom.